The summed E-state index contributed by atoms with van der Waals surface area (Å²) in [6.45, 7) is 0.281. The fourth-order valence-electron chi connectivity index (χ4n) is 3.34. The van der Waals surface area contributed by atoms with E-state index in [1.165, 1.54) is 18.5 Å². The Morgan fingerprint density at radius 2 is 1.65 bits per heavy atom. The highest BCUT2D eigenvalue weighted by molar-refractivity contribution is 5.87. The molecule has 0 saturated carbocycles. The molecule has 0 saturated heterocycles. The number of benzene rings is 2. The minimum atomic E-state index is -4.38. The third-order valence-corrected chi connectivity index (χ3v) is 4.96. The minimum Gasteiger partial charge on any atom is -0.338 e. The average molecular weight is 462 g/mol. The maximum Gasteiger partial charge on any atom is 0.416 e. The number of fused-ring (bicyclic) bond motifs is 1. The fraction of sp³-hybridized carbons (Fsp3) is 0.0870. The Bertz CT molecular complexity index is 1400. The van der Waals surface area contributed by atoms with Crippen molar-refractivity contribution >= 4 is 34.4 Å². The molecule has 0 spiro atoms. The lowest BCUT2D eigenvalue weighted by Gasteiger charge is -2.11. The van der Waals surface area contributed by atoms with Crippen LogP contribution >= 0.6 is 0 Å². The molecule has 0 aliphatic heterocycles. The zero-order valence-corrected chi connectivity index (χ0v) is 17.5. The van der Waals surface area contributed by atoms with Gasteiger partial charge in [-0.15, -0.1) is 0 Å². The smallest absolute Gasteiger partial charge is 0.338 e. The summed E-state index contributed by atoms with van der Waals surface area (Å²) in [5.74, 6) is 1.26. The van der Waals surface area contributed by atoms with Crippen molar-refractivity contribution in [1.82, 2.24) is 29.5 Å². The molecule has 3 heterocycles. The summed E-state index contributed by atoms with van der Waals surface area (Å²) >= 11 is 0. The summed E-state index contributed by atoms with van der Waals surface area (Å²) in [6, 6.07) is 16.2. The van der Waals surface area contributed by atoms with Gasteiger partial charge in [0, 0.05) is 11.9 Å². The van der Waals surface area contributed by atoms with Crippen LogP contribution in [0.1, 0.15) is 11.1 Å². The highest BCUT2D eigenvalue weighted by Gasteiger charge is 2.30. The van der Waals surface area contributed by atoms with Gasteiger partial charge in [0.25, 0.3) is 0 Å². The van der Waals surface area contributed by atoms with Crippen molar-refractivity contribution in [3.63, 3.8) is 0 Å². The Morgan fingerprint density at radius 1 is 0.853 bits per heavy atom. The Kier molecular flexibility index (Phi) is 5.50. The number of nitrogens with zero attached hydrogens (tertiary/aromatic N) is 6. The van der Waals surface area contributed by atoms with Crippen LogP contribution in [0.4, 0.5) is 36.4 Å². The standard InChI is InChI=1S/C23H17F3N8/c24-23(25,26)16-8-6-15(7-9-16)12-34-14-29-19-20(30-17-4-2-1-3-5-17)32-22(33-21(19)34)31-18-10-11-27-13-28-18/h1-11,13-14H,12H2,(H2,27,28,30,31,32,33). The van der Waals surface area contributed by atoms with Crippen LogP contribution in [0.2, 0.25) is 0 Å². The lowest BCUT2D eigenvalue weighted by Crippen LogP contribution is -2.07. The van der Waals surface area contributed by atoms with Gasteiger partial charge in [-0.2, -0.15) is 23.1 Å². The largest absolute Gasteiger partial charge is 0.416 e. The molecule has 8 nitrogen and oxygen atoms in total. The van der Waals surface area contributed by atoms with E-state index in [-0.39, 0.29) is 12.5 Å². The monoisotopic (exact) mass is 462 g/mol. The molecular formula is C23H17F3N8. The van der Waals surface area contributed by atoms with Crippen molar-refractivity contribution in [3.8, 4) is 0 Å². The van der Waals surface area contributed by atoms with Crippen molar-refractivity contribution in [2.45, 2.75) is 12.7 Å². The number of aromatic nitrogens is 6. The molecule has 0 bridgehead atoms. The van der Waals surface area contributed by atoms with Gasteiger partial charge in [-0.25, -0.2) is 15.0 Å². The molecular weight excluding hydrogens is 445 g/mol. The van der Waals surface area contributed by atoms with E-state index in [4.69, 9.17) is 0 Å². The first kappa shape index (κ1) is 21.3. The fourth-order valence-corrected chi connectivity index (χ4v) is 3.34. The lowest BCUT2D eigenvalue weighted by molar-refractivity contribution is -0.137. The molecule has 0 unspecified atom stereocenters. The number of alkyl halides is 3. The molecule has 11 heteroatoms. The Labute approximate surface area is 191 Å². The summed E-state index contributed by atoms with van der Waals surface area (Å²) in [6.07, 6.45) is 0.194. The van der Waals surface area contributed by atoms with Crippen LogP contribution in [0, 0.1) is 0 Å². The first-order valence-electron chi connectivity index (χ1n) is 10.2. The number of halogens is 3. The third kappa shape index (κ3) is 4.63. The molecule has 0 amide bonds. The van der Waals surface area contributed by atoms with Crippen LogP contribution in [-0.2, 0) is 12.7 Å². The normalized spacial score (nSPS) is 11.5. The Hall–Kier alpha value is -4.54. The number of hydrogen-bond donors (Lipinski definition) is 2. The summed E-state index contributed by atoms with van der Waals surface area (Å²) in [5.41, 5.74) is 1.82. The van der Waals surface area contributed by atoms with Crippen molar-refractivity contribution in [2.75, 3.05) is 10.6 Å². The molecule has 2 aromatic carbocycles. The Balaban J connectivity index is 1.52. The lowest BCUT2D eigenvalue weighted by atomic mass is 10.1. The molecule has 0 fully saturated rings. The predicted molar refractivity (Wildman–Crippen MR) is 121 cm³/mol. The summed E-state index contributed by atoms with van der Waals surface area (Å²) < 4.78 is 40.4. The van der Waals surface area contributed by atoms with E-state index in [0.717, 1.165) is 17.8 Å². The minimum absolute atomic E-state index is 0.277. The van der Waals surface area contributed by atoms with Gasteiger partial charge < -0.3 is 15.2 Å². The van der Waals surface area contributed by atoms with E-state index in [9.17, 15) is 13.2 Å². The highest BCUT2D eigenvalue weighted by atomic mass is 19.4. The molecule has 34 heavy (non-hydrogen) atoms. The molecule has 2 N–H and O–H groups in total. The summed E-state index contributed by atoms with van der Waals surface area (Å²) in [7, 11) is 0. The molecule has 0 atom stereocenters. The second-order valence-corrected chi connectivity index (χ2v) is 7.35. The molecule has 170 valence electrons. The topological polar surface area (TPSA) is 93.4 Å². The number of hydrogen-bond acceptors (Lipinski definition) is 7. The first-order valence-corrected chi connectivity index (χ1v) is 10.2. The van der Waals surface area contributed by atoms with Crippen LogP contribution < -0.4 is 10.6 Å². The van der Waals surface area contributed by atoms with Crippen molar-refractivity contribution in [3.05, 3.63) is 90.6 Å². The van der Waals surface area contributed by atoms with Crippen LogP contribution in [-0.4, -0.2) is 29.5 Å². The van der Waals surface area contributed by atoms with E-state index in [1.807, 2.05) is 30.3 Å². The zero-order valence-electron chi connectivity index (χ0n) is 17.5. The first-order chi connectivity index (χ1) is 16.5. The number of anilines is 4. The molecule has 5 aromatic rings. The van der Waals surface area contributed by atoms with Crippen molar-refractivity contribution < 1.29 is 13.2 Å². The van der Waals surface area contributed by atoms with Gasteiger partial charge in [-0.1, -0.05) is 30.3 Å². The number of nitrogens with one attached hydrogen (secondary N) is 2. The van der Waals surface area contributed by atoms with Crippen LogP contribution in [0.25, 0.3) is 11.2 Å². The zero-order chi connectivity index (χ0) is 23.5. The van der Waals surface area contributed by atoms with Crippen LogP contribution in [0.5, 0.6) is 0 Å². The van der Waals surface area contributed by atoms with Gasteiger partial charge in [-0.3, -0.25) is 0 Å². The highest BCUT2D eigenvalue weighted by Crippen LogP contribution is 2.30. The van der Waals surface area contributed by atoms with Gasteiger partial charge in [0.05, 0.1) is 18.4 Å². The van der Waals surface area contributed by atoms with Gasteiger partial charge in [0.15, 0.2) is 17.0 Å². The van der Waals surface area contributed by atoms with Crippen LogP contribution in [0.15, 0.2) is 79.5 Å². The van der Waals surface area contributed by atoms with E-state index in [0.29, 0.717) is 28.4 Å². The number of para-hydroxylation sites is 1. The second-order valence-electron chi connectivity index (χ2n) is 7.35. The quantitative estimate of drug-likeness (QED) is 0.360. The second kappa shape index (κ2) is 8.77. The van der Waals surface area contributed by atoms with Gasteiger partial charge in [-0.05, 0) is 35.9 Å². The van der Waals surface area contributed by atoms with Crippen molar-refractivity contribution in [1.29, 1.82) is 0 Å². The summed E-state index contributed by atoms with van der Waals surface area (Å²) in [5, 5.41) is 6.30. The maximum absolute atomic E-state index is 12.9. The van der Waals surface area contributed by atoms with E-state index in [1.54, 1.807) is 23.2 Å². The van der Waals surface area contributed by atoms with Gasteiger partial charge in [0.1, 0.15) is 12.1 Å². The van der Waals surface area contributed by atoms with Crippen LogP contribution in [0.3, 0.4) is 0 Å². The van der Waals surface area contributed by atoms with E-state index >= 15 is 0 Å². The number of imidazole rings is 1. The van der Waals surface area contributed by atoms with Crippen molar-refractivity contribution in [2.24, 2.45) is 0 Å². The average Bonchev–Trinajstić information content (AvgIpc) is 3.23. The third-order valence-electron chi connectivity index (χ3n) is 4.96. The molecule has 5 rings (SSSR count). The molecule has 0 aliphatic carbocycles. The molecule has 3 aromatic heterocycles. The molecule has 0 aliphatic rings. The SMILES string of the molecule is FC(F)(F)c1ccc(Cn2cnc3c(Nc4ccccc4)nc(Nc4ccncn4)nc32)cc1. The van der Waals surface area contributed by atoms with E-state index in [2.05, 4.69) is 35.6 Å². The predicted octanol–water partition coefficient (Wildman–Crippen LogP) is 5.17. The van der Waals surface area contributed by atoms with Gasteiger partial charge >= 0.3 is 6.18 Å². The van der Waals surface area contributed by atoms with E-state index < -0.39 is 11.7 Å². The van der Waals surface area contributed by atoms with Gasteiger partial charge in [0.2, 0.25) is 5.95 Å². The maximum atomic E-state index is 12.9. The Morgan fingerprint density at radius 3 is 2.35 bits per heavy atom. The number of rotatable bonds is 6. The summed E-state index contributed by atoms with van der Waals surface area (Å²) in [4.78, 5) is 21.6. The molecule has 0 radical (unpaired) electrons.